The van der Waals surface area contributed by atoms with E-state index in [1.807, 2.05) is 0 Å². The molecule has 0 radical (unpaired) electrons. The van der Waals surface area contributed by atoms with Gasteiger partial charge in [-0.25, -0.2) is 4.98 Å². The minimum Gasteiger partial charge on any atom is -0.310 e. The maximum absolute atomic E-state index is 12.2. The predicted octanol–water partition coefficient (Wildman–Crippen LogP) is 3.67. The average Bonchev–Trinajstić information content (AvgIpc) is 3.03. The lowest BCUT2D eigenvalue weighted by Gasteiger charge is -2.03. The highest BCUT2D eigenvalue weighted by Crippen LogP contribution is 2.51. The van der Waals surface area contributed by atoms with Crippen LogP contribution in [0.25, 0.3) is 0 Å². The number of rotatable bonds is 2. The minimum absolute atomic E-state index is 0.0939. The maximum Gasteiger partial charge on any atom is 0.229 e. The van der Waals surface area contributed by atoms with E-state index in [4.69, 9.17) is 11.6 Å². The Balaban J connectivity index is 1.64. The van der Waals surface area contributed by atoms with E-state index >= 15 is 0 Å². The van der Waals surface area contributed by atoms with Crippen LogP contribution in [-0.2, 0) is 4.79 Å². The third-order valence-electron chi connectivity index (χ3n) is 4.03. The van der Waals surface area contributed by atoms with Crippen molar-refractivity contribution in [1.82, 2.24) is 4.98 Å². The number of fused-ring (bicyclic) bond motifs is 1. The third-order valence-corrected chi connectivity index (χ3v) is 4.25. The van der Waals surface area contributed by atoms with Crippen LogP contribution in [0.1, 0.15) is 25.7 Å². The van der Waals surface area contributed by atoms with Crippen molar-refractivity contribution in [2.24, 2.45) is 17.8 Å². The number of hydrogen-bond acceptors (Lipinski definition) is 2. The lowest BCUT2D eigenvalue weighted by molar-refractivity contribution is -0.117. The molecule has 3 nitrogen and oxygen atoms in total. The van der Waals surface area contributed by atoms with E-state index in [1.54, 1.807) is 18.3 Å². The highest BCUT2D eigenvalue weighted by molar-refractivity contribution is 6.30. The first-order chi connectivity index (χ1) is 9.25. The van der Waals surface area contributed by atoms with Gasteiger partial charge in [0.25, 0.3) is 0 Å². The molecular weight excluding hydrogens is 260 g/mol. The molecule has 4 heteroatoms. The summed E-state index contributed by atoms with van der Waals surface area (Å²) >= 11 is 5.77. The molecule has 3 atom stereocenters. The summed E-state index contributed by atoms with van der Waals surface area (Å²) in [6, 6.07) is 3.47. The number of anilines is 1. The van der Waals surface area contributed by atoms with E-state index in [-0.39, 0.29) is 11.8 Å². The van der Waals surface area contributed by atoms with Crippen LogP contribution in [-0.4, -0.2) is 10.9 Å². The first-order valence-corrected chi connectivity index (χ1v) is 7.22. The molecule has 2 aliphatic rings. The third kappa shape index (κ3) is 2.81. The number of halogens is 1. The Morgan fingerprint density at radius 3 is 3.05 bits per heavy atom. The first kappa shape index (κ1) is 12.7. The second-order valence-corrected chi connectivity index (χ2v) is 5.77. The summed E-state index contributed by atoms with van der Waals surface area (Å²) in [7, 11) is 0. The lowest BCUT2D eigenvalue weighted by atomic mass is 10.1. The molecular formula is C15H17ClN2O. The van der Waals surface area contributed by atoms with Gasteiger partial charge in [-0.1, -0.05) is 30.2 Å². The summed E-state index contributed by atoms with van der Waals surface area (Å²) in [6.07, 6.45) is 10.8. The van der Waals surface area contributed by atoms with Crippen LogP contribution in [0.3, 0.4) is 0 Å². The largest absolute Gasteiger partial charge is 0.310 e. The number of hydrogen-bond donors (Lipinski definition) is 1. The molecule has 1 amide bonds. The topological polar surface area (TPSA) is 42.0 Å². The highest BCUT2D eigenvalue weighted by Gasteiger charge is 2.52. The van der Waals surface area contributed by atoms with Crippen LogP contribution < -0.4 is 5.32 Å². The van der Waals surface area contributed by atoms with Gasteiger partial charge in [0.15, 0.2) is 0 Å². The molecule has 0 bridgehead atoms. The fourth-order valence-corrected chi connectivity index (χ4v) is 3.07. The van der Waals surface area contributed by atoms with Crippen LogP contribution in [0.5, 0.6) is 0 Å². The van der Waals surface area contributed by atoms with Crippen LogP contribution in [0.2, 0.25) is 5.02 Å². The van der Waals surface area contributed by atoms with Crippen molar-refractivity contribution >= 4 is 23.3 Å². The molecule has 19 heavy (non-hydrogen) atoms. The van der Waals surface area contributed by atoms with E-state index in [0.717, 1.165) is 6.42 Å². The first-order valence-electron chi connectivity index (χ1n) is 6.85. The standard InChI is InChI=1S/C15H17ClN2O/c16-10-7-8-13(17-9-10)18-15(19)14-11-5-3-1-2-4-6-12(11)14/h3,5,7-9,11-12,14H,1-2,4,6H2,(H,17,18,19)/b5-3-. The zero-order valence-corrected chi connectivity index (χ0v) is 11.4. The van der Waals surface area contributed by atoms with E-state index < -0.39 is 0 Å². The van der Waals surface area contributed by atoms with Gasteiger partial charge < -0.3 is 5.32 Å². The maximum atomic E-state index is 12.2. The van der Waals surface area contributed by atoms with Gasteiger partial charge in [0.1, 0.15) is 5.82 Å². The Labute approximate surface area is 118 Å². The molecule has 3 unspecified atom stereocenters. The summed E-state index contributed by atoms with van der Waals surface area (Å²) in [5, 5.41) is 3.46. The lowest BCUT2D eigenvalue weighted by Crippen LogP contribution is -2.16. The molecule has 1 saturated carbocycles. The van der Waals surface area contributed by atoms with Crippen molar-refractivity contribution in [1.29, 1.82) is 0 Å². The van der Waals surface area contributed by atoms with Crippen molar-refractivity contribution in [2.45, 2.75) is 25.7 Å². The Morgan fingerprint density at radius 1 is 1.37 bits per heavy atom. The van der Waals surface area contributed by atoms with E-state index in [9.17, 15) is 4.79 Å². The summed E-state index contributed by atoms with van der Waals surface area (Å²) < 4.78 is 0. The Hall–Kier alpha value is -1.35. The SMILES string of the molecule is O=C(Nc1ccc(Cl)cn1)C1C2/C=C\CCCCC21. The molecule has 1 fully saturated rings. The second kappa shape index (κ2) is 5.33. The number of nitrogens with zero attached hydrogens (tertiary/aromatic N) is 1. The van der Waals surface area contributed by atoms with Crippen molar-refractivity contribution in [2.75, 3.05) is 5.32 Å². The molecule has 3 rings (SSSR count). The van der Waals surface area contributed by atoms with Gasteiger partial charge in [0.05, 0.1) is 5.02 Å². The second-order valence-electron chi connectivity index (χ2n) is 5.33. The van der Waals surface area contributed by atoms with Gasteiger partial charge in [0, 0.05) is 12.1 Å². The summed E-state index contributed by atoms with van der Waals surface area (Å²) in [5.74, 6) is 1.78. The number of aromatic nitrogens is 1. The van der Waals surface area contributed by atoms with Gasteiger partial charge in [-0.05, 0) is 43.2 Å². The smallest absolute Gasteiger partial charge is 0.229 e. The molecule has 2 aliphatic carbocycles. The molecule has 1 heterocycles. The summed E-state index contributed by atoms with van der Waals surface area (Å²) in [6.45, 7) is 0. The summed E-state index contributed by atoms with van der Waals surface area (Å²) in [4.78, 5) is 16.3. The Kier molecular flexibility index (Phi) is 3.56. The number of carbonyl (C=O) groups is 1. The Bertz CT molecular complexity index is 497. The zero-order valence-electron chi connectivity index (χ0n) is 10.7. The van der Waals surface area contributed by atoms with Crippen molar-refractivity contribution < 1.29 is 4.79 Å². The van der Waals surface area contributed by atoms with E-state index in [1.165, 1.54) is 19.3 Å². The molecule has 1 aromatic rings. The quantitative estimate of drug-likeness (QED) is 0.838. The number of allylic oxidation sites excluding steroid dienone is 2. The van der Waals surface area contributed by atoms with Gasteiger partial charge in [-0.15, -0.1) is 0 Å². The molecule has 0 spiro atoms. The summed E-state index contributed by atoms with van der Waals surface area (Å²) in [5.41, 5.74) is 0. The van der Waals surface area contributed by atoms with Crippen molar-refractivity contribution in [3.63, 3.8) is 0 Å². The number of pyridine rings is 1. The normalized spacial score (nSPS) is 30.7. The number of carbonyl (C=O) groups excluding carboxylic acids is 1. The molecule has 0 saturated heterocycles. The van der Waals surface area contributed by atoms with Crippen molar-refractivity contribution in [3.8, 4) is 0 Å². The molecule has 0 aliphatic heterocycles. The number of amides is 1. The minimum atomic E-state index is 0.0939. The van der Waals surface area contributed by atoms with Crippen molar-refractivity contribution in [3.05, 3.63) is 35.5 Å². The predicted molar refractivity (Wildman–Crippen MR) is 76.0 cm³/mol. The highest BCUT2D eigenvalue weighted by atomic mass is 35.5. The van der Waals surface area contributed by atoms with Crippen LogP contribution in [0.15, 0.2) is 30.5 Å². The molecule has 1 N–H and O–H groups in total. The fourth-order valence-electron chi connectivity index (χ4n) is 2.96. The van der Waals surface area contributed by atoms with Crippen LogP contribution >= 0.6 is 11.6 Å². The molecule has 0 aromatic carbocycles. The van der Waals surface area contributed by atoms with Crippen LogP contribution in [0, 0.1) is 17.8 Å². The van der Waals surface area contributed by atoms with E-state index in [2.05, 4.69) is 22.5 Å². The van der Waals surface area contributed by atoms with Gasteiger partial charge in [0.2, 0.25) is 5.91 Å². The molecule has 1 aromatic heterocycles. The number of nitrogens with one attached hydrogen (secondary N) is 1. The van der Waals surface area contributed by atoms with E-state index in [0.29, 0.717) is 22.7 Å². The Morgan fingerprint density at radius 2 is 2.26 bits per heavy atom. The fraction of sp³-hybridized carbons (Fsp3) is 0.467. The zero-order chi connectivity index (χ0) is 13.2. The van der Waals surface area contributed by atoms with Gasteiger partial charge >= 0.3 is 0 Å². The monoisotopic (exact) mass is 276 g/mol. The molecule has 100 valence electrons. The average molecular weight is 277 g/mol. The van der Waals surface area contributed by atoms with Crippen LogP contribution in [0.4, 0.5) is 5.82 Å². The van der Waals surface area contributed by atoms with Gasteiger partial charge in [-0.3, -0.25) is 4.79 Å². The van der Waals surface area contributed by atoms with Gasteiger partial charge in [-0.2, -0.15) is 0 Å².